The third-order valence-electron chi connectivity index (χ3n) is 1.77. The number of methoxy groups -OCH3 is 1. The van der Waals surface area contributed by atoms with Gasteiger partial charge in [-0.15, -0.1) is 0 Å². The van der Waals surface area contributed by atoms with Crippen LogP contribution in [-0.4, -0.2) is 24.8 Å². The molecule has 0 unspecified atom stereocenters. The van der Waals surface area contributed by atoms with Gasteiger partial charge in [0.05, 0.1) is 12.2 Å². The molecule has 0 saturated carbocycles. The molecular weight excluding hydrogens is 180 g/mol. The first-order valence-electron chi connectivity index (χ1n) is 4.23. The van der Waals surface area contributed by atoms with Crippen molar-refractivity contribution in [2.45, 2.75) is 0 Å². The smallest absolute Gasteiger partial charge is 0.336 e. The fraction of sp³-hybridized carbons (Fsp3) is 0.182. The number of rotatable bonds is 4. The molecule has 0 aliphatic rings. The van der Waals surface area contributed by atoms with Crippen molar-refractivity contribution in [2.75, 3.05) is 13.7 Å². The van der Waals surface area contributed by atoms with Gasteiger partial charge in [-0.1, -0.05) is 30.3 Å². The molecule has 1 aromatic rings. The van der Waals surface area contributed by atoms with E-state index in [0.29, 0.717) is 12.2 Å². The first kappa shape index (κ1) is 10.5. The summed E-state index contributed by atoms with van der Waals surface area (Å²) in [6.07, 6.45) is 1.55. The maximum atomic E-state index is 10.9. The van der Waals surface area contributed by atoms with E-state index in [1.54, 1.807) is 30.3 Å². The van der Waals surface area contributed by atoms with Gasteiger partial charge in [-0.25, -0.2) is 4.79 Å². The average molecular weight is 192 g/mol. The standard InChI is InChI=1S/C11H12O3/c1-14-8-7-10(11(12)13)9-5-3-2-4-6-9/h2-7H,8H2,1H3,(H,12,13)/b10-7-. The molecule has 0 amide bonds. The Kier molecular flexibility index (Phi) is 3.88. The Bertz CT molecular complexity index is 328. The number of carbonyl (C=O) groups is 1. The Hall–Kier alpha value is -1.61. The van der Waals surface area contributed by atoms with Gasteiger partial charge < -0.3 is 9.84 Å². The van der Waals surface area contributed by atoms with Crippen molar-refractivity contribution in [3.05, 3.63) is 42.0 Å². The van der Waals surface area contributed by atoms with E-state index in [2.05, 4.69) is 0 Å². The average Bonchev–Trinajstić information content (AvgIpc) is 2.19. The van der Waals surface area contributed by atoms with Gasteiger partial charge in [0.25, 0.3) is 0 Å². The van der Waals surface area contributed by atoms with Gasteiger partial charge >= 0.3 is 5.97 Å². The second kappa shape index (κ2) is 5.19. The van der Waals surface area contributed by atoms with Crippen LogP contribution in [-0.2, 0) is 9.53 Å². The minimum atomic E-state index is -0.937. The molecule has 0 aromatic heterocycles. The van der Waals surface area contributed by atoms with E-state index in [4.69, 9.17) is 9.84 Å². The Labute approximate surface area is 82.6 Å². The van der Waals surface area contributed by atoms with Gasteiger partial charge in [0.1, 0.15) is 0 Å². The number of carboxylic acids is 1. The van der Waals surface area contributed by atoms with Crippen LogP contribution in [0.5, 0.6) is 0 Å². The predicted molar refractivity (Wildman–Crippen MR) is 53.9 cm³/mol. The molecule has 0 saturated heterocycles. The third-order valence-corrected chi connectivity index (χ3v) is 1.77. The van der Waals surface area contributed by atoms with Crippen molar-refractivity contribution in [3.63, 3.8) is 0 Å². The van der Waals surface area contributed by atoms with Gasteiger partial charge in [-0.2, -0.15) is 0 Å². The second-order valence-corrected chi connectivity index (χ2v) is 2.74. The van der Waals surface area contributed by atoms with E-state index >= 15 is 0 Å². The maximum Gasteiger partial charge on any atom is 0.336 e. The van der Waals surface area contributed by atoms with Crippen LogP contribution in [0.1, 0.15) is 5.56 Å². The van der Waals surface area contributed by atoms with Crippen LogP contribution in [0, 0.1) is 0 Å². The van der Waals surface area contributed by atoms with Crippen molar-refractivity contribution in [1.29, 1.82) is 0 Å². The van der Waals surface area contributed by atoms with Crippen LogP contribution in [0.3, 0.4) is 0 Å². The molecule has 3 heteroatoms. The summed E-state index contributed by atoms with van der Waals surface area (Å²) in [6, 6.07) is 8.97. The highest BCUT2D eigenvalue weighted by atomic mass is 16.5. The normalized spacial score (nSPS) is 11.4. The molecule has 1 N–H and O–H groups in total. The van der Waals surface area contributed by atoms with Crippen LogP contribution in [0.25, 0.3) is 5.57 Å². The zero-order chi connectivity index (χ0) is 10.4. The Morgan fingerprint density at radius 3 is 2.57 bits per heavy atom. The van der Waals surface area contributed by atoms with Crippen molar-refractivity contribution < 1.29 is 14.6 Å². The summed E-state index contributed by atoms with van der Waals surface area (Å²) < 4.78 is 4.80. The monoisotopic (exact) mass is 192 g/mol. The lowest BCUT2D eigenvalue weighted by Gasteiger charge is -2.01. The van der Waals surface area contributed by atoms with Crippen LogP contribution in [0.2, 0.25) is 0 Å². The lowest BCUT2D eigenvalue weighted by Crippen LogP contribution is -2.01. The van der Waals surface area contributed by atoms with Gasteiger partial charge in [0, 0.05) is 7.11 Å². The molecule has 1 aromatic carbocycles. The van der Waals surface area contributed by atoms with Crippen LogP contribution in [0.4, 0.5) is 0 Å². The maximum absolute atomic E-state index is 10.9. The van der Waals surface area contributed by atoms with Gasteiger partial charge in [-0.05, 0) is 11.6 Å². The van der Waals surface area contributed by atoms with E-state index in [1.807, 2.05) is 6.07 Å². The number of hydrogen-bond donors (Lipinski definition) is 1. The Morgan fingerprint density at radius 2 is 2.07 bits per heavy atom. The molecule has 0 atom stereocenters. The summed E-state index contributed by atoms with van der Waals surface area (Å²) >= 11 is 0. The number of carboxylic acid groups (broad SMARTS) is 1. The molecule has 74 valence electrons. The minimum absolute atomic E-state index is 0.271. The van der Waals surface area contributed by atoms with Crippen LogP contribution >= 0.6 is 0 Å². The predicted octanol–water partition coefficient (Wildman–Crippen LogP) is 1.80. The van der Waals surface area contributed by atoms with E-state index in [-0.39, 0.29) is 5.57 Å². The van der Waals surface area contributed by atoms with Crippen molar-refractivity contribution in [1.82, 2.24) is 0 Å². The minimum Gasteiger partial charge on any atom is -0.478 e. The zero-order valence-electron chi connectivity index (χ0n) is 7.93. The van der Waals surface area contributed by atoms with Gasteiger partial charge in [0.15, 0.2) is 0 Å². The molecule has 1 rings (SSSR count). The molecule has 0 bridgehead atoms. The van der Waals surface area contributed by atoms with E-state index in [9.17, 15) is 4.79 Å². The lowest BCUT2D eigenvalue weighted by atomic mass is 10.1. The van der Waals surface area contributed by atoms with E-state index in [1.165, 1.54) is 7.11 Å². The highest BCUT2D eigenvalue weighted by Gasteiger charge is 2.08. The summed E-state index contributed by atoms with van der Waals surface area (Å²) in [5.74, 6) is -0.937. The lowest BCUT2D eigenvalue weighted by molar-refractivity contribution is -0.130. The number of aliphatic carboxylic acids is 1. The second-order valence-electron chi connectivity index (χ2n) is 2.74. The van der Waals surface area contributed by atoms with Crippen molar-refractivity contribution in [3.8, 4) is 0 Å². The Balaban J connectivity index is 2.95. The first-order chi connectivity index (χ1) is 6.75. The van der Waals surface area contributed by atoms with Crippen molar-refractivity contribution >= 4 is 11.5 Å². The number of ether oxygens (including phenoxy) is 1. The summed E-state index contributed by atoms with van der Waals surface area (Å²) in [4.78, 5) is 10.9. The molecule has 0 aliphatic carbocycles. The highest BCUT2D eigenvalue weighted by Crippen LogP contribution is 2.13. The van der Waals surface area contributed by atoms with Crippen LogP contribution in [0.15, 0.2) is 36.4 Å². The van der Waals surface area contributed by atoms with Crippen molar-refractivity contribution in [2.24, 2.45) is 0 Å². The van der Waals surface area contributed by atoms with Gasteiger partial charge in [0.2, 0.25) is 0 Å². The molecule has 0 fully saturated rings. The quantitative estimate of drug-likeness (QED) is 0.740. The SMILES string of the molecule is COC/C=C(\C(=O)O)c1ccccc1. The fourth-order valence-electron chi connectivity index (χ4n) is 1.11. The molecule has 3 nitrogen and oxygen atoms in total. The summed E-state index contributed by atoms with van der Waals surface area (Å²) in [7, 11) is 1.53. The molecule has 14 heavy (non-hydrogen) atoms. The Morgan fingerprint density at radius 1 is 1.43 bits per heavy atom. The van der Waals surface area contributed by atoms with Gasteiger partial charge in [-0.3, -0.25) is 0 Å². The van der Waals surface area contributed by atoms with Crippen LogP contribution < -0.4 is 0 Å². The number of hydrogen-bond acceptors (Lipinski definition) is 2. The largest absolute Gasteiger partial charge is 0.478 e. The molecule has 0 spiro atoms. The summed E-state index contributed by atoms with van der Waals surface area (Å²) in [6.45, 7) is 0.302. The number of benzene rings is 1. The fourth-order valence-corrected chi connectivity index (χ4v) is 1.11. The molecule has 0 radical (unpaired) electrons. The van der Waals surface area contributed by atoms with E-state index in [0.717, 1.165) is 0 Å². The zero-order valence-corrected chi connectivity index (χ0v) is 7.93. The third kappa shape index (κ3) is 2.71. The van der Waals surface area contributed by atoms with E-state index < -0.39 is 5.97 Å². The topological polar surface area (TPSA) is 46.5 Å². The molecule has 0 heterocycles. The summed E-state index contributed by atoms with van der Waals surface area (Å²) in [5.41, 5.74) is 0.963. The molecule has 0 aliphatic heterocycles. The summed E-state index contributed by atoms with van der Waals surface area (Å²) in [5, 5.41) is 8.93. The highest BCUT2D eigenvalue weighted by molar-refractivity contribution is 6.15. The molecular formula is C11H12O3. The first-order valence-corrected chi connectivity index (χ1v) is 4.23.